The minimum atomic E-state index is -0.297. The summed E-state index contributed by atoms with van der Waals surface area (Å²) in [5.41, 5.74) is 1.54. The number of hydrogen-bond donors (Lipinski definition) is 0. The van der Waals surface area contributed by atoms with Crippen LogP contribution in [-0.2, 0) is 4.79 Å². The molecule has 1 rings (SSSR count). The monoisotopic (exact) mass is 274 g/mol. The lowest BCUT2D eigenvalue weighted by Crippen LogP contribution is -2.14. The predicted octanol–water partition coefficient (Wildman–Crippen LogP) is 5.06. The Labute approximate surface area is 122 Å². The molecule has 0 saturated carbocycles. The first-order valence-corrected chi connectivity index (χ1v) is 7.54. The van der Waals surface area contributed by atoms with Crippen LogP contribution in [0.2, 0.25) is 0 Å². The van der Waals surface area contributed by atoms with Gasteiger partial charge >= 0.3 is 5.97 Å². The molecule has 110 valence electrons. The standard InChI is InChI=1S/C18H26O2/c1-5-7-11-16(6-2)13-15(4)18(19)20-17-12-9-8-10-14(17)3/h8-10,12,16H,4-7,11,13H2,1-3H3. The molecule has 2 heteroatoms. The maximum atomic E-state index is 12.1. The lowest BCUT2D eigenvalue weighted by molar-refractivity contribution is -0.130. The Morgan fingerprint density at radius 3 is 2.60 bits per heavy atom. The van der Waals surface area contributed by atoms with Gasteiger partial charge in [-0.05, 0) is 30.9 Å². The van der Waals surface area contributed by atoms with Gasteiger partial charge in [-0.25, -0.2) is 4.79 Å². The van der Waals surface area contributed by atoms with E-state index in [1.54, 1.807) is 0 Å². The van der Waals surface area contributed by atoms with E-state index in [2.05, 4.69) is 20.4 Å². The van der Waals surface area contributed by atoms with Gasteiger partial charge in [-0.15, -0.1) is 0 Å². The molecular weight excluding hydrogens is 248 g/mol. The second kappa shape index (κ2) is 8.57. The van der Waals surface area contributed by atoms with Crippen LogP contribution in [0.3, 0.4) is 0 Å². The number of hydrogen-bond acceptors (Lipinski definition) is 2. The van der Waals surface area contributed by atoms with Crippen molar-refractivity contribution in [2.24, 2.45) is 5.92 Å². The zero-order chi connectivity index (χ0) is 15.0. The molecular formula is C18H26O2. The van der Waals surface area contributed by atoms with Crippen LogP contribution < -0.4 is 4.74 Å². The highest BCUT2D eigenvalue weighted by Crippen LogP contribution is 2.23. The number of carbonyl (C=O) groups excluding carboxylic acids is 1. The van der Waals surface area contributed by atoms with Crippen molar-refractivity contribution in [3.05, 3.63) is 42.0 Å². The van der Waals surface area contributed by atoms with Gasteiger partial charge in [0.2, 0.25) is 0 Å². The van der Waals surface area contributed by atoms with Crippen molar-refractivity contribution < 1.29 is 9.53 Å². The fourth-order valence-electron chi connectivity index (χ4n) is 2.22. The maximum absolute atomic E-state index is 12.1. The molecule has 1 unspecified atom stereocenters. The fourth-order valence-corrected chi connectivity index (χ4v) is 2.22. The average Bonchev–Trinajstić information content (AvgIpc) is 2.45. The van der Waals surface area contributed by atoms with Crippen molar-refractivity contribution in [3.63, 3.8) is 0 Å². The lowest BCUT2D eigenvalue weighted by Gasteiger charge is -2.15. The van der Waals surface area contributed by atoms with E-state index in [-0.39, 0.29) is 5.97 Å². The smallest absolute Gasteiger partial charge is 0.338 e. The van der Waals surface area contributed by atoms with Gasteiger partial charge in [0.05, 0.1) is 0 Å². The molecule has 0 spiro atoms. The molecule has 20 heavy (non-hydrogen) atoms. The van der Waals surface area contributed by atoms with Gasteiger partial charge in [0.25, 0.3) is 0 Å². The molecule has 0 fully saturated rings. The van der Waals surface area contributed by atoms with Crippen molar-refractivity contribution >= 4 is 5.97 Å². The Hall–Kier alpha value is -1.57. The van der Waals surface area contributed by atoms with Crippen molar-refractivity contribution in [1.29, 1.82) is 0 Å². The van der Waals surface area contributed by atoms with E-state index in [4.69, 9.17) is 4.74 Å². The number of aryl methyl sites for hydroxylation is 1. The number of ether oxygens (including phenoxy) is 1. The molecule has 0 aliphatic carbocycles. The van der Waals surface area contributed by atoms with Crippen LogP contribution in [0, 0.1) is 12.8 Å². The SMILES string of the molecule is C=C(CC(CC)CCCC)C(=O)Oc1ccccc1C. The average molecular weight is 274 g/mol. The molecule has 0 amide bonds. The van der Waals surface area contributed by atoms with Crippen LogP contribution >= 0.6 is 0 Å². The van der Waals surface area contributed by atoms with E-state index in [0.717, 1.165) is 24.8 Å². The van der Waals surface area contributed by atoms with Gasteiger partial charge in [0, 0.05) is 5.57 Å². The highest BCUT2D eigenvalue weighted by molar-refractivity contribution is 5.89. The second-order valence-electron chi connectivity index (χ2n) is 5.38. The zero-order valence-corrected chi connectivity index (χ0v) is 12.9. The Morgan fingerprint density at radius 2 is 2.00 bits per heavy atom. The van der Waals surface area contributed by atoms with Crippen molar-refractivity contribution in [3.8, 4) is 5.75 Å². The first-order valence-electron chi connectivity index (χ1n) is 7.54. The van der Waals surface area contributed by atoms with Crippen LogP contribution in [-0.4, -0.2) is 5.97 Å². The third kappa shape index (κ3) is 5.20. The summed E-state index contributed by atoms with van der Waals surface area (Å²) in [6, 6.07) is 7.55. The second-order valence-corrected chi connectivity index (χ2v) is 5.38. The predicted molar refractivity (Wildman–Crippen MR) is 83.9 cm³/mol. The number of para-hydroxylation sites is 1. The fraction of sp³-hybridized carbons (Fsp3) is 0.500. The van der Waals surface area contributed by atoms with Gasteiger partial charge in [-0.2, -0.15) is 0 Å². The molecule has 1 aromatic rings. The molecule has 0 radical (unpaired) electrons. The minimum Gasteiger partial charge on any atom is -0.423 e. The van der Waals surface area contributed by atoms with Crippen molar-refractivity contribution in [1.82, 2.24) is 0 Å². The molecule has 0 aromatic heterocycles. The van der Waals surface area contributed by atoms with Gasteiger partial charge in [-0.1, -0.05) is 64.3 Å². The molecule has 0 N–H and O–H groups in total. The van der Waals surface area contributed by atoms with E-state index >= 15 is 0 Å². The van der Waals surface area contributed by atoms with E-state index in [1.165, 1.54) is 12.8 Å². The topological polar surface area (TPSA) is 26.3 Å². The highest BCUT2D eigenvalue weighted by atomic mass is 16.5. The van der Waals surface area contributed by atoms with Gasteiger partial charge in [0.15, 0.2) is 0 Å². The third-order valence-corrected chi connectivity index (χ3v) is 3.66. The minimum absolute atomic E-state index is 0.297. The summed E-state index contributed by atoms with van der Waals surface area (Å²) in [5, 5.41) is 0. The van der Waals surface area contributed by atoms with Crippen LogP contribution in [0.1, 0.15) is 51.5 Å². The van der Waals surface area contributed by atoms with Crippen LogP contribution in [0.5, 0.6) is 5.75 Å². The van der Waals surface area contributed by atoms with E-state index < -0.39 is 0 Å². The molecule has 0 aliphatic heterocycles. The number of unbranched alkanes of at least 4 members (excludes halogenated alkanes) is 1. The number of rotatable bonds is 8. The van der Waals surface area contributed by atoms with Crippen LogP contribution in [0.4, 0.5) is 0 Å². The maximum Gasteiger partial charge on any atom is 0.338 e. The molecule has 0 aliphatic rings. The molecule has 2 nitrogen and oxygen atoms in total. The summed E-state index contributed by atoms with van der Waals surface area (Å²) in [7, 11) is 0. The number of carbonyl (C=O) groups is 1. The summed E-state index contributed by atoms with van der Waals surface area (Å²) >= 11 is 0. The first-order chi connectivity index (χ1) is 9.58. The quantitative estimate of drug-likeness (QED) is 0.376. The summed E-state index contributed by atoms with van der Waals surface area (Å²) in [5.74, 6) is 0.862. The van der Waals surface area contributed by atoms with Crippen molar-refractivity contribution in [2.45, 2.75) is 52.9 Å². The Kier molecular flexibility index (Phi) is 7.06. The van der Waals surface area contributed by atoms with E-state index in [9.17, 15) is 4.79 Å². The summed E-state index contributed by atoms with van der Waals surface area (Å²) < 4.78 is 5.42. The molecule has 0 saturated heterocycles. The van der Waals surface area contributed by atoms with Crippen LogP contribution in [0.25, 0.3) is 0 Å². The Bertz CT molecular complexity index is 448. The summed E-state index contributed by atoms with van der Waals surface area (Å²) in [4.78, 5) is 12.1. The van der Waals surface area contributed by atoms with Gasteiger partial charge in [0.1, 0.15) is 5.75 Å². The number of benzene rings is 1. The van der Waals surface area contributed by atoms with Gasteiger partial charge in [-0.3, -0.25) is 0 Å². The third-order valence-electron chi connectivity index (χ3n) is 3.66. The molecule has 1 atom stereocenters. The lowest BCUT2D eigenvalue weighted by atomic mass is 9.92. The Morgan fingerprint density at radius 1 is 1.30 bits per heavy atom. The van der Waals surface area contributed by atoms with Gasteiger partial charge < -0.3 is 4.74 Å². The van der Waals surface area contributed by atoms with Crippen LogP contribution in [0.15, 0.2) is 36.4 Å². The van der Waals surface area contributed by atoms with Crippen molar-refractivity contribution in [2.75, 3.05) is 0 Å². The Balaban J connectivity index is 2.54. The summed E-state index contributed by atoms with van der Waals surface area (Å²) in [6.07, 6.45) is 5.37. The molecule has 0 bridgehead atoms. The summed E-state index contributed by atoms with van der Waals surface area (Å²) in [6.45, 7) is 10.2. The van der Waals surface area contributed by atoms with E-state index in [0.29, 0.717) is 17.2 Å². The molecule has 0 heterocycles. The van der Waals surface area contributed by atoms with E-state index in [1.807, 2.05) is 31.2 Å². The zero-order valence-electron chi connectivity index (χ0n) is 12.9. The normalized spacial score (nSPS) is 11.9. The molecule has 1 aromatic carbocycles. The highest BCUT2D eigenvalue weighted by Gasteiger charge is 2.15. The first kappa shape index (κ1) is 16.5. The number of esters is 1. The largest absolute Gasteiger partial charge is 0.423 e.